The molecule has 1 unspecified atom stereocenters. The van der Waals surface area contributed by atoms with Gasteiger partial charge in [0.2, 0.25) is 5.78 Å². The Balaban J connectivity index is 1.53. The first-order chi connectivity index (χ1) is 17.6. The average Bonchev–Trinajstić information content (AvgIpc) is 3.60. The Hall–Kier alpha value is -3.76. The van der Waals surface area contributed by atoms with Crippen molar-refractivity contribution in [2.45, 2.75) is 25.7 Å². The summed E-state index contributed by atoms with van der Waals surface area (Å²) in [7, 11) is 0. The largest absolute Gasteiger partial charge is 0.503 e. The van der Waals surface area contributed by atoms with Gasteiger partial charge in [0.05, 0.1) is 21.7 Å². The van der Waals surface area contributed by atoms with E-state index in [1.54, 1.807) is 24.4 Å². The monoisotopic (exact) mass is 540 g/mol. The van der Waals surface area contributed by atoms with Crippen molar-refractivity contribution in [3.63, 3.8) is 0 Å². The van der Waals surface area contributed by atoms with Gasteiger partial charge in [-0.05, 0) is 36.1 Å². The molecule has 1 amide bonds. The van der Waals surface area contributed by atoms with Crippen LogP contribution in [0.15, 0.2) is 83.4 Å². The number of aliphatic hydroxyl groups is 1. The zero-order valence-corrected chi connectivity index (χ0v) is 21.0. The Labute approximate surface area is 218 Å². The van der Waals surface area contributed by atoms with E-state index in [1.807, 2.05) is 30.3 Å². The Kier molecular flexibility index (Phi) is 6.47. The highest BCUT2D eigenvalue weighted by Gasteiger charge is 2.45. The second-order valence-corrected chi connectivity index (χ2v) is 10.4. The predicted octanol–water partition coefficient (Wildman–Crippen LogP) is 6.98. The SMILES string of the molecule is Cc1nc(-c2ccccc2)sc1C(=O)C1=C(O)C(=O)N(Cc2cccc(C(F)(F)F)c2)C1c1cccs1. The van der Waals surface area contributed by atoms with Gasteiger partial charge in [-0.25, -0.2) is 4.98 Å². The number of hydrogen-bond acceptors (Lipinski definition) is 6. The van der Waals surface area contributed by atoms with Crippen molar-refractivity contribution in [1.82, 2.24) is 9.88 Å². The molecule has 0 bridgehead atoms. The van der Waals surface area contributed by atoms with E-state index in [9.17, 15) is 27.9 Å². The molecule has 2 aromatic carbocycles. The van der Waals surface area contributed by atoms with Crippen LogP contribution in [-0.4, -0.2) is 26.7 Å². The van der Waals surface area contributed by atoms with Crippen LogP contribution < -0.4 is 0 Å². The maximum atomic E-state index is 13.8. The van der Waals surface area contributed by atoms with Crippen LogP contribution in [-0.2, 0) is 17.5 Å². The number of aromatic nitrogens is 1. The highest BCUT2D eigenvalue weighted by Crippen LogP contribution is 2.43. The number of hydrogen-bond donors (Lipinski definition) is 1. The molecule has 1 N–H and O–H groups in total. The van der Waals surface area contributed by atoms with Crippen molar-refractivity contribution < 1.29 is 27.9 Å². The first kappa shape index (κ1) is 24.9. The van der Waals surface area contributed by atoms with E-state index in [-0.39, 0.29) is 22.6 Å². The number of nitrogens with zero attached hydrogens (tertiary/aromatic N) is 2. The lowest BCUT2D eigenvalue weighted by Crippen LogP contribution is -2.30. The molecule has 1 atom stereocenters. The van der Waals surface area contributed by atoms with Crippen LogP contribution >= 0.6 is 22.7 Å². The van der Waals surface area contributed by atoms with E-state index in [1.165, 1.54) is 28.4 Å². The number of thiazole rings is 1. The number of amides is 1. The number of thiophene rings is 1. The standard InChI is InChI=1S/C27H19F3N2O3S2/c1-15-24(37-25(31-15)17-8-3-2-4-9-17)22(33)20-21(19-11-6-12-36-19)32(26(35)23(20)34)14-16-7-5-10-18(13-16)27(28,29)30/h2-13,21,34H,14H2,1H3. The molecule has 5 rings (SSSR count). The minimum Gasteiger partial charge on any atom is -0.503 e. The molecule has 1 aliphatic heterocycles. The molecule has 0 saturated carbocycles. The number of ketones is 1. The summed E-state index contributed by atoms with van der Waals surface area (Å²) in [6.07, 6.45) is -4.54. The number of carbonyl (C=O) groups is 2. The Morgan fingerprint density at radius 1 is 1.08 bits per heavy atom. The molecular formula is C27H19F3N2O3S2. The number of benzene rings is 2. The third kappa shape index (κ3) is 4.70. The van der Waals surface area contributed by atoms with Crippen LogP contribution in [0.1, 0.15) is 37.4 Å². The van der Waals surface area contributed by atoms with Gasteiger partial charge in [-0.15, -0.1) is 22.7 Å². The van der Waals surface area contributed by atoms with Gasteiger partial charge in [-0.2, -0.15) is 13.2 Å². The van der Waals surface area contributed by atoms with Gasteiger partial charge in [-0.1, -0.05) is 48.5 Å². The fraction of sp³-hybridized carbons (Fsp3) is 0.148. The van der Waals surface area contributed by atoms with Crippen molar-refractivity contribution in [2.75, 3.05) is 0 Å². The van der Waals surface area contributed by atoms with Crippen LogP contribution in [0.25, 0.3) is 10.6 Å². The Bertz CT molecular complexity index is 1510. The van der Waals surface area contributed by atoms with Crippen LogP contribution in [0.5, 0.6) is 0 Å². The third-order valence-corrected chi connectivity index (χ3v) is 8.12. The molecule has 5 nitrogen and oxygen atoms in total. The van der Waals surface area contributed by atoms with Crippen LogP contribution in [0.3, 0.4) is 0 Å². The van der Waals surface area contributed by atoms with Gasteiger partial charge in [0.25, 0.3) is 5.91 Å². The summed E-state index contributed by atoms with van der Waals surface area (Å²) in [5.41, 5.74) is 0.572. The lowest BCUT2D eigenvalue weighted by molar-refractivity contribution is -0.137. The smallest absolute Gasteiger partial charge is 0.416 e. The van der Waals surface area contributed by atoms with E-state index in [0.717, 1.165) is 29.0 Å². The number of aryl methyl sites for hydroxylation is 1. The summed E-state index contributed by atoms with van der Waals surface area (Å²) in [4.78, 5) is 33.6. The topological polar surface area (TPSA) is 70.5 Å². The lowest BCUT2D eigenvalue weighted by Gasteiger charge is -2.26. The maximum Gasteiger partial charge on any atom is 0.416 e. The molecule has 2 aromatic heterocycles. The van der Waals surface area contributed by atoms with E-state index in [0.29, 0.717) is 15.6 Å². The molecule has 1 aliphatic rings. The van der Waals surface area contributed by atoms with E-state index < -0.39 is 35.2 Å². The van der Waals surface area contributed by atoms with Crippen LogP contribution in [0, 0.1) is 6.92 Å². The molecule has 3 heterocycles. The number of carbonyl (C=O) groups excluding carboxylic acids is 2. The van der Waals surface area contributed by atoms with Crippen molar-refractivity contribution in [3.8, 4) is 10.6 Å². The summed E-state index contributed by atoms with van der Waals surface area (Å²) in [6, 6.07) is 16.5. The molecule has 0 aliphatic carbocycles. The molecule has 4 aromatic rings. The van der Waals surface area contributed by atoms with E-state index >= 15 is 0 Å². The number of alkyl halides is 3. The van der Waals surface area contributed by atoms with Gasteiger partial charge in [0.15, 0.2) is 5.76 Å². The third-order valence-electron chi connectivity index (χ3n) is 5.99. The fourth-order valence-electron chi connectivity index (χ4n) is 4.27. The average molecular weight is 541 g/mol. The van der Waals surface area contributed by atoms with Crippen LogP contribution in [0.4, 0.5) is 13.2 Å². The Morgan fingerprint density at radius 3 is 2.51 bits per heavy atom. The number of halogens is 3. The second-order valence-electron chi connectivity index (χ2n) is 8.44. The first-order valence-electron chi connectivity index (χ1n) is 11.2. The highest BCUT2D eigenvalue weighted by molar-refractivity contribution is 7.17. The zero-order valence-electron chi connectivity index (χ0n) is 19.3. The summed E-state index contributed by atoms with van der Waals surface area (Å²) < 4.78 is 39.8. The van der Waals surface area contributed by atoms with Crippen molar-refractivity contribution in [3.05, 3.63) is 110 Å². The summed E-state index contributed by atoms with van der Waals surface area (Å²) in [5.74, 6) is -2.05. The van der Waals surface area contributed by atoms with Gasteiger partial charge in [0, 0.05) is 17.0 Å². The normalized spacial score (nSPS) is 16.1. The number of Topliss-reactive ketones (excluding diaryl/α,β-unsaturated/α-hetero) is 1. The van der Waals surface area contributed by atoms with E-state index in [2.05, 4.69) is 4.98 Å². The van der Waals surface area contributed by atoms with Gasteiger partial charge < -0.3 is 10.0 Å². The maximum absolute atomic E-state index is 13.8. The van der Waals surface area contributed by atoms with E-state index in [4.69, 9.17) is 0 Å². The highest BCUT2D eigenvalue weighted by atomic mass is 32.1. The molecule has 10 heteroatoms. The minimum absolute atomic E-state index is 0.106. The van der Waals surface area contributed by atoms with Crippen LogP contribution in [0.2, 0.25) is 0 Å². The quantitative estimate of drug-likeness (QED) is 0.268. The molecule has 0 radical (unpaired) electrons. The van der Waals surface area contributed by atoms with Crippen molar-refractivity contribution >= 4 is 34.4 Å². The molecule has 0 saturated heterocycles. The van der Waals surface area contributed by atoms with Gasteiger partial charge in [-0.3, -0.25) is 9.59 Å². The second kappa shape index (κ2) is 9.60. The van der Waals surface area contributed by atoms with Gasteiger partial charge >= 0.3 is 6.18 Å². The molecule has 37 heavy (non-hydrogen) atoms. The molecule has 0 spiro atoms. The number of aliphatic hydroxyl groups excluding tert-OH is 1. The zero-order chi connectivity index (χ0) is 26.3. The summed E-state index contributed by atoms with van der Waals surface area (Å²) in [6.45, 7) is 1.47. The van der Waals surface area contributed by atoms with Crippen molar-refractivity contribution in [1.29, 1.82) is 0 Å². The predicted molar refractivity (Wildman–Crippen MR) is 135 cm³/mol. The fourth-order valence-corrected chi connectivity index (χ4v) is 6.14. The molecule has 188 valence electrons. The molecular weight excluding hydrogens is 521 g/mol. The first-order valence-corrected chi connectivity index (χ1v) is 12.9. The Morgan fingerprint density at radius 2 is 1.84 bits per heavy atom. The number of rotatable bonds is 6. The van der Waals surface area contributed by atoms with Gasteiger partial charge in [0.1, 0.15) is 11.0 Å². The lowest BCUT2D eigenvalue weighted by atomic mass is 10.00. The summed E-state index contributed by atoms with van der Waals surface area (Å²) in [5, 5.41) is 13.3. The molecule has 0 fully saturated rings. The minimum atomic E-state index is -4.54. The summed E-state index contributed by atoms with van der Waals surface area (Å²) >= 11 is 2.45. The van der Waals surface area contributed by atoms with Crippen molar-refractivity contribution in [2.24, 2.45) is 0 Å².